The minimum Gasteiger partial charge on any atom is -0.497 e. The Kier molecular flexibility index (Phi) is 6.58. The van der Waals surface area contributed by atoms with Crippen LogP contribution in [0.25, 0.3) is 16.7 Å². The Morgan fingerprint density at radius 1 is 1.00 bits per heavy atom. The number of carbonyl (C=O) groups excluding carboxylic acids is 1. The zero-order valence-electron chi connectivity index (χ0n) is 19.4. The van der Waals surface area contributed by atoms with Gasteiger partial charge in [-0.1, -0.05) is 18.2 Å². The van der Waals surface area contributed by atoms with Crippen LogP contribution >= 0.6 is 0 Å². The van der Waals surface area contributed by atoms with E-state index >= 15 is 0 Å². The van der Waals surface area contributed by atoms with Crippen molar-refractivity contribution in [3.63, 3.8) is 0 Å². The van der Waals surface area contributed by atoms with Gasteiger partial charge in [-0.3, -0.25) is 4.79 Å². The number of hydrogen-bond acceptors (Lipinski definition) is 5. The average molecular weight is 445 g/mol. The number of benzene rings is 2. The minimum absolute atomic E-state index is 0.0943. The van der Waals surface area contributed by atoms with Crippen molar-refractivity contribution in [1.82, 2.24) is 14.8 Å². The molecule has 0 atom stereocenters. The minimum atomic E-state index is -0.0943. The van der Waals surface area contributed by atoms with Crippen LogP contribution in [0.3, 0.4) is 0 Å². The summed E-state index contributed by atoms with van der Waals surface area (Å²) in [5.41, 5.74) is 3.95. The third-order valence-electron chi connectivity index (χ3n) is 5.43. The van der Waals surface area contributed by atoms with E-state index < -0.39 is 0 Å². The Labute approximate surface area is 193 Å². The van der Waals surface area contributed by atoms with E-state index in [0.29, 0.717) is 31.1 Å². The first kappa shape index (κ1) is 22.3. The molecule has 7 nitrogen and oxygen atoms in total. The number of aromatic nitrogens is 3. The lowest BCUT2D eigenvalue weighted by molar-refractivity contribution is -0.116. The second-order valence-electron chi connectivity index (χ2n) is 8.03. The van der Waals surface area contributed by atoms with Gasteiger partial charge in [0.25, 0.3) is 0 Å². The van der Waals surface area contributed by atoms with Crippen molar-refractivity contribution in [2.45, 2.75) is 33.6 Å². The van der Waals surface area contributed by atoms with Crippen LogP contribution in [0.1, 0.15) is 29.7 Å². The molecule has 2 aromatic heterocycles. The molecule has 0 saturated carbocycles. The Bertz CT molecular complexity index is 1280. The lowest BCUT2D eigenvalue weighted by Gasteiger charge is -2.12. The van der Waals surface area contributed by atoms with Crippen molar-refractivity contribution in [3.05, 3.63) is 71.4 Å². The molecule has 4 aromatic rings. The number of fused-ring (bicyclic) bond motifs is 1. The predicted molar refractivity (Wildman–Crippen MR) is 129 cm³/mol. The largest absolute Gasteiger partial charge is 0.497 e. The van der Waals surface area contributed by atoms with Gasteiger partial charge in [0.15, 0.2) is 5.82 Å². The van der Waals surface area contributed by atoms with Crippen LogP contribution in [0, 0.1) is 20.8 Å². The number of methoxy groups -OCH3 is 1. The number of ether oxygens (including phenoxy) is 2. The zero-order chi connectivity index (χ0) is 23.4. The summed E-state index contributed by atoms with van der Waals surface area (Å²) in [6.07, 6.45) is 0.932. The van der Waals surface area contributed by atoms with E-state index in [-0.39, 0.29) is 5.91 Å². The maximum Gasteiger partial charge on any atom is 0.225 e. The summed E-state index contributed by atoms with van der Waals surface area (Å²) in [4.78, 5) is 17.4. The van der Waals surface area contributed by atoms with Gasteiger partial charge < -0.3 is 14.8 Å². The molecule has 170 valence electrons. The number of hydrogen-bond donors (Lipinski definition) is 1. The highest BCUT2D eigenvalue weighted by Crippen LogP contribution is 2.24. The Morgan fingerprint density at radius 2 is 1.76 bits per heavy atom. The Morgan fingerprint density at radius 3 is 2.52 bits per heavy atom. The summed E-state index contributed by atoms with van der Waals surface area (Å²) < 4.78 is 12.5. The molecule has 4 rings (SSSR count). The van der Waals surface area contributed by atoms with Crippen molar-refractivity contribution < 1.29 is 14.3 Å². The highest BCUT2D eigenvalue weighted by atomic mass is 16.5. The SMILES string of the molecule is COc1ccc(OCCCC(=O)Nc2cc(C)nn2-c2cc(C)c3cccc(C)c3n2)cc1. The summed E-state index contributed by atoms with van der Waals surface area (Å²) in [6.45, 7) is 6.45. The quantitative estimate of drug-likeness (QED) is 0.380. The number of para-hydroxylation sites is 1. The topological polar surface area (TPSA) is 78.3 Å². The second-order valence-corrected chi connectivity index (χ2v) is 8.03. The third kappa shape index (κ3) is 5.14. The number of rotatable bonds is 8. The molecular weight excluding hydrogens is 416 g/mol. The van der Waals surface area contributed by atoms with Crippen molar-refractivity contribution in [2.24, 2.45) is 0 Å². The van der Waals surface area contributed by atoms with Crippen molar-refractivity contribution in [3.8, 4) is 17.3 Å². The van der Waals surface area contributed by atoms with Gasteiger partial charge in [-0.25, -0.2) is 4.98 Å². The molecule has 0 unspecified atom stereocenters. The summed E-state index contributed by atoms with van der Waals surface area (Å²) in [7, 11) is 1.63. The van der Waals surface area contributed by atoms with Crippen molar-refractivity contribution >= 4 is 22.6 Å². The molecule has 2 heterocycles. The lowest BCUT2D eigenvalue weighted by Crippen LogP contribution is -2.16. The molecule has 0 aliphatic rings. The first-order valence-corrected chi connectivity index (χ1v) is 11.0. The van der Waals surface area contributed by atoms with Crippen LogP contribution in [0.5, 0.6) is 11.5 Å². The number of anilines is 1. The Balaban J connectivity index is 1.42. The fourth-order valence-corrected chi connectivity index (χ4v) is 3.72. The van der Waals surface area contributed by atoms with E-state index in [4.69, 9.17) is 14.5 Å². The molecule has 33 heavy (non-hydrogen) atoms. The first-order valence-electron chi connectivity index (χ1n) is 11.0. The van der Waals surface area contributed by atoms with Gasteiger partial charge in [0.05, 0.1) is 24.9 Å². The van der Waals surface area contributed by atoms with Crippen molar-refractivity contribution in [2.75, 3.05) is 19.0 Å². The number of nitrogens with zero attached hydrogens (tertiary/aromatic N) is 3. The second kappa shape index (κ2) is 9.73. The fraction of sp³-hybridized carbons (Fsp3) is 0.269. The fourth-order valence-electron chi connectivity index (χ4n) is 3.72. The van der Waals surface area contributed by atoms with E-state index in [9.17, 15) is 4.79 Å². The molecule has 0 aliphatic carbocycles. The molecule has 1 N–H and O–H groups in total. The van der Waals surface area contributed by atoms with Crippen molar-refractivity contribution in [1.29, 1.82) is 0 Å². The van der Waals surface area contributed by atoms with E-state index in [1.807, 2.05) is 62.4 Å². The normalized spacial score (nSPS) is 10.9. The smallest absolute Gasteiger partial charge is 0.225 e. The number of carbonyl (C=O) groups is 1. The summed E-state index contributed by atoms with van der Waals surface area (Å²) in [6, 6.07) is 17.4. The maximum atomic E-state index is 12.6. The molecular formula is C26H28N4O3. The number of pyridine rings is 1. The zero-order valence-corrected chi connectivity index (χ0v) is 19.4. The Hall–Kier alpha value is -3.87. The van der Waals surface area contributed by atoms with Gasteiger partial charge in [-0.2, -0.15) is 9.78 Å². The predicted octanol–water partition coefficient (Wildman–Crippen LogP) is 5.15. The molecule has 0 fully saturated rings. The van der Waals surface area contributed by atoms with Crippen LogP contribution in [0.2, 0.25) is 0 Å². The van der Waals surface area contributed by atoms with E-state index in [2.05, 4.69) is 23.4 Å². The summed E-state index contributed by atoms with van der Waals surface area (Å²) >= 11 is 0. The first-order chi connectivity index (χ1) is 15.9. The monoisotopic (exact) mass is 444 g/mol. The summed E-state index contributed by atoms with van der Waals surface area (Å²) in [5, 5.41) is 8.66. The molecule has 1 amide bonds. The van der Waals surface area contributed by atoms with Crippen LogP contribution in [0.4, 0.5) is 5.82 Å². The molecule has 0 radical (unpaired) electrons. The molecule has 0 bridgehead atoms. The van der Waals surface area contributed by atoms with Crippen LogP contribution in [0.15, 0.2) is 54.6 Å². The van der Waals surface area contributed by atoms with Gasteiger partial charge >= 0.3 is 0 Å². The molecule has 0 spiro atoms. The maximum absolute atomic E-state index is 12.6. The van der Waals surface area contributed by atoms with Gasteiger partial charge in [0.2, 0.25) is 5.91 Å². The highest BCUT2D eigenvalue weighted by Gasteiger charge is 2.14. The standard InChI is InChI=1S/C26H28N4O3/c1-17-7-5-8-22-18(2)15-23(28-26(17)22)30-24(16-19(3)29-30)27-25(31)9-6-14-33-21-12-10-20(32-4)11-13-21/h5,7-8,10-13,15-16H,6,9,14H2,1-4H3,(H,27,31). The number of aryl methyl sites for hydroxylation is 3. The van der Waals surface area contributed by atoms with Gasteiger partial charge in [-0.15, -0.1) is 0 Å². The van der Waals surface area contributed by atoms with Crippen LogP contribution in [-0.4, -0.2) is 34.4 Å². The molecule has 2 aromatic carbocycles. The van der Waals surface area contributed by atoms with E-state index in [0.717, 1.165) is 39.2 Å². The average Bonchev–Trinajstić information content (AvgIpc) is 3.17. The highest BCUT2D eigenvalue weighted by molar-refractivity contribution is 5.90. The van der Waals surface area contributed by atoms with Crippen LogP contribution < -0.4 is 14.8 Å². The van der Waals surface area contributed by atoms with E-state index in [1.54, 1.807) is 11.8 Å². The molecule has 0 saturated heterocycles. The molecule has 0 aliphatic heterocycles. The van der Waals surface area contributed by atoms with Gasteiger partial charge in [0.1, 0.15) is 17.3 Å². The van der Waals surface area contributed by atoms with Crippen LogP contribution in [-0.2, 0) is 4.79 Å². The number of nitrogens with one attached hydrogen (secondary N) is 1. The third-order valence-corrected chi connectivity index (χ3v) is 5.43. The van der Waals surface area contributed by atoms with Gasteiger partial charge in [-0.05, 0) is 68.7 Å². The van der Waals surface area contributed by atoms with E-state index in [1.165, 1.54) is 0 Å². The number of amides is 1. The molecule has 7 heteroatoms. The van der Waals surface area contributed by atoms with Gasteiger partial charge in [0, 0.05) is 17.9 Å². The summed E-state index contributed by atoms with van der Waals surface area (Å²) in [5.74, 6) is 2.72. The lowest BCUT2D eigenvalue weighted by atomic mass is 10.1.